The molecule has 126 valence electrons. The number of hydrogen-bond acceptors (Lipinski definition) is 7. The fourth-order valence-corrected chi connectivity index (χ4v) is 3.73. The van der Waals surface area contributed by atoms with Crippen LogP contribution in [-0.4, -0.2) is 42.4 Å². The van der Waals surface area contributed by atoms with Crippen LogP contribution in [0.15, 0.2) is 18.2 Å². The fraction of sp³-hybridized carbons (Fsp3) is 0.467. The molecule has 23 heavy (non-hydrogen) atoms. The van der Waals surface area contributed by atoms with Gasteiger partial charge in [0.15, 0.2) is 0 Å². The Kier molecular flexibility index (Phi) is 5.06. The van der Waals surface area contributed by atoms with E-state index < -0.39 is 28.2 Å². The predicted octanol–water partition coefficient (Wildman–Crippen LogP) is -0.0493. The van der Waals surface area contributed by atoms with Gasteiger partial charge < -0.3 is 24.7 Å². The maximum Gasteiger partial charge on any atom is 0.260 e. The van der Waals surface area contributed by atoms with E-state index in [1.54, 1.807) is 32.0 Å². The molecule has 0 saturated carbocycles. The van der Waals surface area contributed by atoms with E-state index in [0.717, 1.165) is 0 Å². The Morgan fingerprint density at radius 2 is 1.83 bits per heavy atom. The number of nitrogens with one attached hydrogen (secondary N) is 2. The lowest BCUT2D eigenvalue weighted by atomic mass is 10.0. The van der Waals surface area contributed by atoms with Crippen LogP contribution in [0.2, 0.25) is 0 Å². The normalized spacial score (nSPS) is 22.4. The van der Waals surface area contributed by atoms with Crippen LogP contribution in [0.4, 0.5) is 0 Å². The summed E-state index contributed by atoms with van der Waals surface area (Å²) in [5.41, 5.74) is -0.301. The number of carbonyl (C=O) groups is 2. The summed E-state index contributed by atoms with van der Waals surface area (Å²) in [6, 6.07) is 4.16. The Balaban J connectivity index is 2.19. The van der Waals surface area contributed by atoms with Gasteiger partial charge in [-0.2, -0.15) is 0 Å². The predicted molar refractivity (Wildman–Crippen MR) is 84.4 cm³/mol. The average molecular weight is 339 g/mol. The third-order valence-corrected chi connectivity index (χ3v) is 4.92. The number of benzene rings is 1. The molecule has 0 aromatic heterocycles. The molecule has 1 amide bonds. The van der Waals surface area contributed by atoms with E-state index in [1.165, 1.54) is 26.0 Å². The van der Waals surface area contributed by atoms with E-state index in [-0.39, 0.29) is 5.56 Å². The van der Waals surface area contributed by atoms with Gasteiger partial charge in [0.25, 0.3) is 5.91 Å². The number of rotatable bonds is 5. The molecule has 2 unspecified atom stereocenters. The first-order valence-electron chi connectivity index (χ1n) is 6.96. The van der Waals surface area contributed by atoms with E-state index in [9.17, 15) is 14.7 Å². The number of ether oxygens (including phenoxy) is 2. The Morgan fingerprint density at radius 3 is 2.26 bits per heavy atom. The van der Waals surface area contributed by atoms with Crippen molar-refractivity contribution in [3.8, 4) is 11.5 Å². The summed E-state index contributed by atoms with van der Waals surface area (Å²) in [6.45, 7) is 3.56. The second kappa shape index (κ2) is 6.67. The van der Waals surface area contributed by atoms with Gasteiger partial charge >= 0.3 is 0 Å². The van der Waals surface area contributed by atoms with E-state index in [1.807, 2.05) is 0 Å². The Labute approximate surface area is 138 Å². The van der Waals surface area contributed by atoms with Crippen LogP contribution in [0.1, 0.15) is 24.2 Å². The van der Waals surface area contributed by atoms with Crippen LogP contribution in [0.5, 0.6) is 11.5 Å². The molecule has 1 fully saturated rings. The first-order chi connectivity index (χ1) is 10.8. The fourth-order valence-electron chi connectivity index (χ4n) is 2.45. The van der Waals surface area contributed by atoms with E-state index >= 15 is 0 Å². The first kappa shape index (κ1) is 17.4. The highest BCUT2D eigenvalue weighted by molar-refractivity contribution is 8.01. The lowest BCUT2D eigenvalue weighted by molar-refractivity contribution is -0.308. The summed E-state index contributed by atoms with van der Waals surface area (Å²) >= 11 is 1.31. The standard InChI is InChI=1S/C15H20N2O5S/c1-15(2)11(13(19)20)16-14(23-15)17-12(18)10-8(21-3)6-5-7-9(10)22-4/h5-7,11,14,16H,1-4H3,(H,17,18)(H,19,20)/p-1. The molecule has 7 nitrogen and oxygen atoms in total. The molecule has 2 atom stereocenters. The molecule has 2 N–H and O–H groups in total. The summed E-state index contributed by atoms with van der Waals surface area (Å²) in [5.74, 6) is -0.866. The van der Waals surface area contributed by atoms with E-state index in [0.29, 0.717) is 11.5 Å². The number of carboxylic acid groups (broad SMARTS) is 1. The molecular weight excluding hydrogens is 320 g/mol. The number of carbonyl (C=O) groups excluding carboxylic acids is 2. The molecule has 1 heterocycles. The number of methoxy groups -OCH3 is 2. The number of thioether (sulfide) groups is 1. The minimum atomic E-state index is -1.20. The summed E-state index contributed by atoms with van der Waals surface area (Å²) in [4.78, 5) is 23.7. The van der Waals surface area contributed by atoms with E-state index in [2.05, 4.69) is 10.6 Å². The lowest BCUT2D eigenvalue weighted by Gasteiger charge is -2.25. The third kappa shape index (κ3) is 3.53. The van der Waals surface area contributed by atoms with Crippen molar-refractivity contribution in [1.29, 1.82) is 0 Å². The molecule has 1 aromatic carbocycles. The smallest absolute Gasteiger partial charge is 0.260 e. The van der Waals surface area contributed by atoms with Gasteiger partial charge in [-0.1, -0.05) is 6.07 Å². The van der Waals surface area contributed by atoms with Gasteiger partial charge in [-0.25, -0.2) is 0 Å². The van der Waals surface area contributed by atoms with Crippen molar-refractivity contribution in [1.82, 2.24) is 10.6 Å². The second-order valence-corrected chi connectivity index (χ2v) is 7.29. The van der Waals surface area contributed by atoms with Gasteiger partial charge in [0.05, 0.1) is 26.2 Å². The van der Waals surface area contributed by atoms with Crippen molar-refractivity contribution in [3.63, 3.8) is 0 Å². The Bertz CT molecular complexity index is 598. The molecule has 1 saturated heterocycles. The highest BCUT2D eigenvalue weighted by Crippen LogP contribution is 2.37. The third-order valence-electron chi connectivity index (χ3n) is 3.59. The molecule has 0 radical (unpaired) electrons. The topological polar surface area (TPSA) is 99.7 Å². The summed E-state index contributed by atoms with van der Waals surface area (Å²) in [5, 5.41) is 16.8. The van der Waals surface area contributed by atoms with Crippen molar-refractivity contribution in [2.45, 2.75) is 30.1 Å². The van der Waals surface area contributed by atoms with Crippen molar-refractivity contribution in [2.24, 2.45) is 0 Å². The van der Waals surface area contributed by atoms with Gasteiger partial charge in [-0.15, -0.1) is 11.8 Å². The molecule has 0 aliphatic carbocycles. The minimum absolute atomic E-state index is 0.259. The van der Waals surface area contributed by atoms with Crippen LogP contribution in [0.25, 0.3) is 0 Å². The van der Waals surface area contributed by atoms with Gasteiger partial charge in [0, 0.05) is 4.75 Å². The van der Waals surface area contributed by atoms with Gasteiger partial charge in [0.2, 0.25) is 0 Å². The van der Waals surface area contributed by atoms with Crippen LogP contribution in [-0.2, 0) is 4.79 Å². The zero-order valence-corrected chi connectivity index (χ0v) is 14.2. The maximum atomic E-state index is 12.6. The highest BCUT2D eigenvalue weighted by atomic mass is 32.2. The summed E-state index contributed by atoms with van der Waals surface area (Å²) < 4.78 is 9.79. The summed E-state index contributed by atoms with van der Waals surface area (Å²) in [6.07, 6.45) is 0. The maximum absolute atomic E-state index is 12.6. The quantitative estimate of drug-likeness (QED) is 0.776. The van der Waals surface area contributed by atoms with Crippen molar-refractivity contribution >= 4 is 23.6 Å². The monoisotopic (exact) mass is 339 g/mol. The molecular formula is C15H19N2O5S-. The van der Waals surface area contributed by atoms with Crippen LogP contribution >= 0.6 is 11.8 Å². The molecule has 1 aliphatic heterocycles. The molecule has 8 heteroatoms. The molecule has 0 bridgehead atoms. The van der Waals surface area contributed by atoms with Gasteiger partial charge in [-0.3, -0.25) is 10.1 Å². The Morgan fingerprint density at radius 1 is 1.26 bits per heavy atom. The van der Waals surface area contributed by atoms with Crippen LogP contribution in [0, 0.1) is 0 Å². The first-order valence-corrected chi connectivity index (χ1v) is 7.84. The average Bonchev–Trinajstić information content (AvgIpc) is 2.80. The molecule has 2 rings (SSSR count). The van der Waals surface area contributed by atoms with Gasteiger partial charge in [0.1, 0.15) is 22.6 Å². The van der Waals surface area contributed by atoms with Crippen molar-refractivity contribution in [2.75, 3.05) is 14.2 Å². The minimum Gasteiger partial charge on any atom is -0.548 e. The van der Waals surface area contributed by atoms with Gasteiger partial charge in [-0.05, 0) is 26.0 Å². The number of aliphatic carboxylic acids is 1. The Hall–Kier alpha value is -1.93. The number of carboxylic acids is 1. The summed E-state index contributed by atoms with van der Waals surface area (Å²) in [7, 11) is 2.92. The van der Waals surface area contributed by atoms with E-state index in [4.69, 9.17) is 9.47 Å². The number of amides is 1. The second-order valence-electron chi connectivity index (χ2n) is 5.53. The SMILES string of the molecule is COc1cccc(OC)c1C(=O)NC1NC(C(=O)[O-])C(C)(C)S1. The molecule has 1 aliphatic rings. The van der Waals surface area contributed by atoms with Crippen LogP contribution < -0.4 is 25.2 Å². The highest BCUT2D eigenvalue weighted by Gasteiger charge is 2.42. The van der Waals surface area contributed by atoms with Crippen molar-refractivity contribution in [3.05, 3.63) is 23.8 Å². The zero-order chi connectivity index (χ0) is 17.2. The van der Waals surface area contributed by atoms with Crippen LogP contribution in [0.3, 0.4) is 0 Å². The molecule has 0 spiro atoms. The largest absolute Gasteiger partial charge is 0.548 e. The lowest BCUT2D eigenvalue weighted by Crippen LogP contribution is -2.53. The van der Waals surface area contributed by atoms with Crippen molar-refractivity contribution < 1.29 is 24.2 Å². The molecule has 1 aromatic rings. The zero-order valence-electron chi connectivity index (χ0n) is 13.3. The number of hydrogen-bond donors (Lipinski definition) is 2.